The molecule has 29 heavy (non-hydrogen) atoms. The largest absolute Gasteiger partial charge is 0.484 e. The predicted molar refractivity (Wildman–Crippen MR) is 115 cm³/mol. The fraction of sp³-hybridized carbons (Fsp3) is 0.500. The summed E-state index contributed by atoms with van der Waals surface area (Å²) in [6.07, 6.45) is 0.548. The Morgan fingerprint density at radius 2 is 1.93 bits per heavy atom. The molecule has 0 atom stereocenters. The van der Waals surface area contributed by atoms with E-state index < -0.39 is 15.3 Å². The van der Waals surface area contributed by atoms with E-state index in [-0.39, 0.29) is 12.5 Å². The standard InChI is InChI=1S/C20H27N3O4S2/c1-13(2)15-5-7-16(8-6-15)27-12-19(24)22-20-21-17-9-10-23(11-18(17)28-20)29(25,26)14(3)4/h5-8,13-14H,9-12H2,1-4H3,(H,21,22,24). The minimum atomic E-state index is -3.30. The summed E-state index contributed by atoms with van der Waals surface area (Å²) in [6, 6.07) is 7.69. The summed E-state index contributed by atoms with van der Waals surface area (Å²) in [6.45, 7) is 8.21. The number of rotatable bonds is 7. The highest BCUT2D eigenvalue weighted by molar-refractivity contribution is 7.89. The van der Waals surface area contributed by atoms with E-state index in [9.17, 15) is 13.2 Å². The van der Waals surface area contributed by atoms with Crippen LogP contribution in [0.5, 0.6) is 5.75 Å². The van der Waals surface area contributed by atoms with Crippen molar-refractivity contribution in [3.8, 4) is 5.75 Å². The van der Waals surface area contributed by atoms with E-state index in [4.69, 9.17) is 4.74 Å². The van der Waals surface area contributed by atoms with E-state index in [1.807, 2.05) is 24.3 Å². The number of ether oxygens (including phenoxy) is 1. The molecule has 7 nitrogen and oxygen atoms in total. The van der Waals surface area contributed by atoms with Crippen LogP contribution >= 0.6 is 11.3 Å². The van der Waals surface area contributed by atoms with E-state index in [2.05, 4.69) is 24.1 Å². The molecule has 0 fully saturated rings. The number of hydrogen-bond acceptors (Lipinski definition) is 6. The number of nitrogens with one attached hydrogen (secondary N) is 1. The third kappa shape index (κ3) is 5.15. The molecule has 0 radical (unpaired) electrons. The van der Waals surface area contributed by atoms with Crippen molar-refractivity contribution in [2.45, 2.75) is 51.8 Å². The first-order valence-electron chi connectivity index (χ1n) is 9.67. The molecule has 0 unspecified atom stereocenters. The number of hydrogen-bond donors (Lipinski definition) is 1. The summed E-state index contributed by atoms with van der Waals surface area (Å²) >= 11 is 1.32. The van der Waals surface area contributed by atoms with Crippen LogP contribution < -0.4 is 10.1 Å². The number of benzene rings is 1. The highest BCUT2D eigenvalue weighted by Crippen LogP contribution is 2.30. The lowest BCUT2D eigenvalue weighted by molar-refractivity contribution is -0.118. The lowest BCUT2D eigenvalue weighted by atomic mass is 10.0. The highest BCUT2D eigenvalue weighted by Gasteiger charge is 2.31. The van der Waals surface area contributed by atoms with E-state index in [0.717, 1.165) is 10.6 Å². The monoisotopic (exact) mass is 437 g/mol. The van der Waals surface area contributed by atoms with Crippen LogP contribution in [0.1, 0.15) is 49.7 Å². The van der Waals surface area contributed by atoms with Crippen molar-refractivity contribution in [3.05, 3.63) is 40.4 Å². The second kappa shape index (κ2) is 8.81. The van der Waals surface area contributed by atoms with Gasteiger partial charge in [-0.3, -0.25) is 10.1 Å². The smallest absolute Gasteiger partial charge is 0.264 e. The van der Waals surface area contributed by atoms with Crippen LogP contribution in [-0.4, -0.2) is 42.0 Å². The van der Waals surface area contributed by atoms with Gasteiger partial charge >= 0.3 is 0 Å². The van der Waals surface area contributed by atoms with Crippen molar-refractivity contribution < 1.29 is 17.9 Å². The fourth-order valence-electron chi connectivity index (χ4n) is 2.99. The Bertz CT molecular complexity index is 966. The SMILES string of the molecule is CC(C)c1ccc(OCC(=O)Nc2nc3c(s2)CN(S(=O)(=O)C(C)C)CC3)cc1. The van der Waals surface area contributed by atoms with Crippen molar-refractivity contribution >= 4 is 32.4 Å². The zero-order valence-electron chi connectivity index (χ0n) is 17.1. The lowest BCUT2D eigenvalue weighted by Crippen LogP contribution is -2.39. The first-order chi connectivity index (χ1) is 13.7. The Balaban J connectivity index is 1.57. The van der Waals surface area contributed by atoms with E-state index in [0.29, 0.717) is 36.3 Å². The van der Waals surface area contributed by atoms with Gasteiger partial charge in [-0.2, -0.15) is 4.31 Å². The maximum Gasteiger partial charge on any atom is 0.264 e. The summed E-state index contributed by atoms with van der Waals surface area (Å²) in [5, 5.41) is 2.77. The second-order valence-corrected chi connectivity index (χ2v) is 11.2. The molecule has 1 aliphatic heterocycles. The average Bonchev–Trinajstić information content (AvgIpc) is 3.07. The molecule has 1 aromatic heterocycles. The number of anilines is 1. The molecule has 158 valence electrons. The first-order valence-corrected chi connectivity index (χ1v) is 12.0. The lowest BCUT2D eigenvalue weighted by Gasteiger charge is -2.26. The summed E-state index contributed by atoms with van der Waals surface area (Å²) in [4.78, 5) is 17.5. The van der Waals surface area contributed by atoms with Crippen molar-refractivity contribution in [1.82, 2.24) is 9.29 Å². The van der Waals surface area contributed by atoms with Gasteiger partial charge in [0.1, 0.15) is 5.75 Å². The zero-order chi connectivity index (χ0) is 21.2. The predicted octanol–water partition coefficient (Wildman–Crippen LogP) is 3.38. The summed E-state index contributed by atoms with van der Waals surface area (Å²) < 4.78 is 31.8. The summed E-state index contributed by atoms with van der Waals surface area (Å²) in [5.74, 6) is 0.781. The summed E-state index contributed by atoms with van der Waals surface area (Å²) in [7, 11) is -3.30. The zero-order valence-corrected chi connectivity index (χ0v) is 18.8. The molecular formula is C20H27N3O4S2. The Morgan fingerprint density at radius 3 is 2.55 bits per heavy atom. The van der Waals surface area contributed by atoms with Crippen LogP contribution in [0.3, 0.4) is 0 Å². The van der Waals surface area contributed by atoms with Crippen LogP contribution in [-0.2, 0) is 27.8 Å². The molecule has 9 heteroatoms. The van der Waals surface area contributed by atoms with Gasteiger partial charge in [0.25, 0.3) is 5.91 Å². The van der Waals surface area contributed by atoms with Crippen LogP contribution in [0, 0.1) is 0 Å². The Labute approximate surface area is 176 Å². The third-order valence-electron chi connectivity index (χ3n) is 4.81. The van der Waals surface area contributed by atoms with Gasteiger partial charge in [0.2, 0.25) is 10.0 Å². The van der Waals surface area contributed by atoms with Crippen LogP contribution in [0.25, 0.3) is 0 Å². The van der Waals surface area contributed by atoms with Gasteiger partial charge in [0.15, 0.2) is 11.7 Å². The molecule has 3 rings (SSSR count). The van der Waals surface area contributed by atoms with E-state index >= 15 is 0 Å². The minimum absolute atomic E-state index is 0.112. The first kappa shape index (κ1) is 21.7. The van der Waals surface area contributed by atoms with Gasteiger partial charge in [-0.1, -0.05) is 26.0 Å². The van der Waals surface area contributed by atoms with Gasteiger partial charge in [0, 0.05) is 24.4 Å². The van der Waals surface area contributed by atoms with Crippen molar-refractivity contribution in [3.63, 3.8) is 0 Å². The molecule has 0 saturated heterocycles. The number of carbonyl (C=O) groups is 1. The van der Waals surface area contributed by atoms with Crippen molar-refractivity contribution in [2.75, 3.05) is 18.5 Å². The second-order valence-electron chi connectivity index (χ2n) is 7.63. The normalized spacial score (nSPS) is 14.8. The molecule has 0 bridgehead atoms. The maximum atomic E-state index is 12.4. The van der Waals surface area contributed by atoms with Gasteiger partial charge in [-0.15, -0.1) is 11.3 Å². The number of amides is 1. The van der Waals surface area contributed by atoms with Gasteiger partial charge < -0.3 is 4.74 Å². The molecule has 2 aromatic rings. The molecule has 1 aliphatic rings. The molecule has 1 amide bonds. The molecule has 1 N–H and O–H groups in total. The molecular weight excluding hydrogens is 410 g/mol. The molecule has 0 saturated carbocycles. The van der Waals surface area contributed by atoms with E-state index in [1.165, 1.54) is 21.2 Å². The topological polar surface area (TPSA) is 88.6 Å². The van der Waals surface area contributed by atoms with Crippen molar-refractivity contribution in [1.29, 1.82) is 0 Å². The Hall–Kier alpha value is -1.97. The van der Waals surface area contributed by atoms with Crippen LogP contribution in [0.2, 0.25) is 0 Å². The van der Waals surface area contributed by atoms with Crippen LogP contribution in [0.4, 0.5) is 5.13 Å². The Morgan fingerprint density at radius 1 is 1.24 bits per heavy atom. The van der Waals surface area contributed by atoms with E-state index in [1.54, 1.807) is 13.8 Å². The van der Waals surface area contributed by atoms with Crippen molar-refractivity contribution in [2.24, 2.45) is 0 Å². The quantitative estimate of drug-likeness (QED) is 0.717. The van der Waals surface area contributed by atoms with Gasteiger partial charge in [-0.05, 0) is 37.5 Å². The number of carbonyl (C=O) groups excluding carboxylic acids is 1. The van der Waals surface area contributed by atoms with Gasteiger partial charge in [0.05, 0.1) is 10.9 Å². The average molecular weight is 438 g/mol. The fourth-order valence-corrected chi connectivity index (χ4v) is 5.37. The molecule has 2 heterocycles. The highest BCUT2D eigenvalue weighted by atomic mass is 32.2. The third-order valence-corrected chi connectivity index (χ3v) is 8.04. The van der Waals surface area contributed by atoms with Gasteiger partial charge in [-0.25, -0.2) is 13.4 Å². The number of thiazole rings is 1. The molecule has 1 aromatic carbocycles. The number of sulfonamides is 1. The molecule has 0 aliphatic carbocycles. The minimum Gasteiger partial charge on any atom is -0.484 e. The maximum absolute atomic E-state index is 12.4. The summed E-state index contributed by atoms with van der Waals surface area (Å²) in [5.41, 5.74) is 2.06. The number of nitrogens with zero attached hydrogens (tertiary/aromatic N) is 2. The number of fused-ring (bicyclic) bond motifs is 1. The van der Waals surface area contributed by atoms with Crippen LogP contribution in [0.15, 0.2) is 24.3 Å². The Kier molecular flexibility index (Phi) is 6.60. The number of aromatic nitrogens is 1. The molecule has 0 spiro atoms.